The number of nitrogens with zero attached hydrogens (tertiary/aromatic N) is 2. The van der Waals surface area contributed by atoms with Crippen molar-refractivity contribution in [3.8, 4) is 0 Å². The molecule has 0 N–H and O–H groups in total. The van der Waals surface area contributed by atoms with E-state index in [4.69, 9.17) is 4.74 Å². The van der Waals surface area contributed by atoms with E-state index in [2.05, 4.69) is 0 Å². The highest BCUT2D eigenvalue weighted by atomic mass is 16.5. The lowest BCUT2D eigenvalue weighted by Gasteiger charge is -2.21. The lowest BCUT2D eigenvalue weighted by atomic mass is 10.1. The standard InChI is InChI=1S/C24H26N2O5/c1-4-5-13-26-22(28)19-12-11-18(14-20(19)23(26)29)24(30)31-16(2)21(27)25(3)15-17-9-7-6-8-10-17/h6-12,14,16H,4-5,13,15H2,1-3H3/t16-/m0/s1. The molecule has 1 aliphatic heterocycles. The first kappa shape index (κ1) is 22.2. The number of hydrogen-bond acceptors (Lipinski definition) is 5. The fourth-order valence-corrected chi connectivity index (χ4v) is 3.46. The molecule has 1 atom stereocenters. The molecule has 0 radical (unpaired) electrons. The van der Waals surface area contributed by atoms with Gasteiger partial charge < -0.3 is 9.64 Å². The third-order valence-corrected chi connectivity index (χ3v) is 5.21. The van der Waals surface area contributed by atoms with E-state index in [9.17, 15) is 19.2 Å². The molecule has 0 unspecified atom stereocenters. The van der Waals surface area contributed by atoms with Gasteiger partial charge in [0.1, 0.15) is 0 Å². The van der Waals surface area contributed by atoms with Crippen LogP contribution in [-0.2, 0) is 16.1 Å². The highest BCUT2D eigenvalue weighted by Crippen LogP contribution is 2.25. The van der Waals surface area contributed by atoms with Gasteiger partial charge in [0.05, 0.1) is 16.7 Å². The molecule has 0 saturated heterocycles. The Labute approximate surface area is 181 Å². The molecule has 0 aliphatic carbocycles. The number of fused-ring (bicyclic) bond motifs is 1. The highest BCUT2D eigenvalue weighted by Gasteiger charge is 2.35. The van der Waals surface area contributed by atoms with Crippen LogP contribution in [0.25, 0.3) is 0 Å². The van der Waals surface area contributed by atoms with E-state index >= 15 is 0 Å². The van der Waals surface area contributed by atoms with E-state index in [1.54, 1.807) is 7.05 Å². The molecule has 1 aliphatic rings. The number of hydrogen-bond donors (Lipinski definition) is 0. The number of carbonyl (C=O) groups excluding carboxylic acids is 4. The minimum absolute atomic E-state index is 0.127. The van der Waals surface area contributed by atoms with Crippen molar-refractivity contribution < 1.29 is 23.9 Å². The van der Waals surface area contributed by atoms with Crippen LogP contribution in [-0.4, -0.2) is 53.2 Å². The van der Waals surface area contributed by atoms with Crippen molar-refractivity contribution in [3.63, 3.8) is 0 Å². The highest BCUT2D eigenvalue weighted by molar-refractivity contribution is 6.22. The maximum Gasteiger partial charge on any atom is 0.338 e. The Morgan fingerprint density at radius 1 is 1.03 bits per heavy atom. The third kappa shape index (κ3) is 4.82. The van der Waals surface area contributed by atoms with Crippen molar-refractivity contribution in [2.24, 2.45) is 0 Å². The number of esters is 1. The summed E-state index contributed by atoms with van der Waals surface area (Å²) >= 11 is 0. The van der Waals surface area contributed by atoms with Crippen LogP contribution in [0.2, 0.25) is 0 Å². The summed E-state index contributed by atoms with van der Waals surface area (Å²) in [6, 6.07) is 13.8. The van der Waals surface area contributed by atoms with Gasteiger partial charge in [-0.25, -0.2) is 4.79 Å². The maximum atomic E-state index is 12.6. The normalized spacial score (nSPS) is 13.7. The van der Waals surface area contributed by atoms with Crippen LogP contribution >= 0.6 is 0 Å². The van der Waals surface area contributed by atoms with Gasteiger partial charge in [0.25, 0.3) is 17.7 Å². The largest absolute Gasteiger partial charge is 0.449 e. The molecule has 7 nitrogen and oxygen atoms in total. The number of likely N-dealkylation sites (N-methyl/N-ethyl adjacent to an activating group) is 1. The Morgan fingerprint density at radius 3 is 2.39 bits per heavy atom. The molecule has 7 heteroatoms. The molecule has 3 rings (SSSR count). The van der Waals surface area contributed by atoms with Gasteiger partial charge >= 0.3 is 5.97 Å². The number of carbonyl (C=O) groups is 4. The zero-order valence-corrected chi connectivity index (χ0v) is 18.0. The Hall–Kier alpha value is -3.48. The Balaban J connectivity index is 1.66. The van der Waals surface area contributed by atoms with Gasteiger partial charge in [-0.05, 0) is 37.1 Å². The topological polar surface area (TPSA) is 84.0 Å². The molecular formula is C24H26N2O5. The van der Waals surface area contributed by atoms with Crippen molar-refractivity contribution in [3.05, 3.63) is 70.8 Å². The van der Waals surface area contributed by atoms with Gasteiger partial charge in [0.2, 0.25) is 0 Å². The lowest BCUT2D eigenvalue weighted by molar-refractivity contribution is -0.139. The number of unbranched alkanes of at least 4 members (excludes halogenated alkanes) is 1. The minimum atomic E-state index is -0.993. The molecule has 0 bridgehead atoms. The predicted molar refractivity (Wildman–Crippen MR) is 115 cm³/mol. The Morgan fingerprint density at radius 2 is 1.71 bits per heavy atom. The summed E-state index contributed by atoms with van der Waals surface area (Å²) in [5.74, 6) is -1.81. The lowest BCUT2D eigenvalue weighted by Crippen LogP contribution is -2.37. The summed E-state index contributed by atoms with van der Waals surface area (Å²) < 4.78 is 5.33. The van der Waals surface area contributed by atoms with Crippen molar-refractivity contribution >= 4 is 23.7 Å². The van der Waals surface area contributed by atoms with Crippen LogP contribution in [0.15, 0.2) is 48.5 Å². The molecule has 31 heavy (non-hydrogen) atoms. The second kappa shape index (κ2) is 9.55. The summed E-state index contributed by atoms with van der Waals surface area (Å²) in [7, 11) is 1.64. The monoisotopic (exact) mass is 422 g/mol. The molecule has 0 saturated carbocycles. The van der Waals surface area contributed by atoms with Gasteiger partial charge in [0, 0.05) is 20.1 Å². The first-order valence-electron chi connectivity index (χ1n) is 10.3. The van der Waals surface area contributed by atoms with Gasteiger partial charge in [-0.1, -0.05) is 43.7 Å². The van der Waals surface area contributed by atoms with Gasteiger partial charge in [-0.2, -0.15) is 0 Å². The zero-order valence-electron chi connectivity index (χ0n) is 18.0. The molecule has 0 aromatic heterocycles. The molecule has 2 aromatic carbocycles. The van der Waals surface area contributed by atoms with Crippen molar-refractivity contribution in [2.45, 2.75) is 39.3 Å². The van der Waals surface area contributed by atoms with E-state index in [0.29, 0.717) is 13.1 Å². The van der Waals surface area contributed by atoms with E-state index in [0.717, 1.165) is 18.4 Å². The Kier molecular flexibility index (Phi) is 6.84. The van der Waals surface area contributed by atoms with Crippen LogP contribution in [0.1, 0.15) is 63.3 Å². The first-order valence-corrected chi connectivity index (χ1v) is 10.3. The maximum absolute atomic E-state index is 12.6. The van der Waals surface area contributed by atoms with E-state index in [1.165, 1.54) is 34.9 Å². The molecule has 162 valence electrons. The van der Waals surface area contributed by atoms with Gasteiger partial charge in [-0.3, -0.25) is 19.3 Å². The average molecular weight is 422 g/mol. The molecule has 3 amide bonds. The van der Waals surface area contributed by atoms with Gasteiger partial charge in [0.15, 0.2) is 6.10 Å². The summed E-state index contributed by atoms with van der Waals surface area (Å²) in [4.78, 5) is 52.9. The second-order valence-corrected chi connectivity index (χ2v) is 7.60. The number of benzene rings is 2. The van der Waals surface area contributed by atoms with Crippen molar-refractivity contribution in [2.75, 3.05) is 13.6 Å². The smallest absolute Gasteiger partial charge is 0.338 e. The van der Waals surface area contributed by atoms with Crippen LogP contribution < -0.4 is 0 Å². The quantitative estimate of drug-likeness (QED) is 0.482. The summed E-state index contributed by atoms with van der Waals surface area (Å²) in [6.07, 6.45) is 0.583. The number of rotatable bonds is 8. The summed E-state index contributed by atoms with van der Waals surface area (Å²) in [5, 5.41) is 0. The summed E-state index contributed by atoms with van der Waals surface area (Å²) in [6.45, 7) is 4.23. The SMILES string of the molecule is CCCCN1C(=O)c2ccc(C(=O)O[C@@H](C)C(=O)N(C)Cc3ccccc3)cc2C1=O. The molecule has 2 aromatic rings. The Bertz CT molecular complexity index is 1000. The van der Waals surface area contributed by atoms with Crippen LogP contribution in [0.4, 0.5) is 0 Å². The van der Waals surface area contributed by atoms with Crippen LogP contribution in [0.5, 0.6) is 0 Å². The van der Waals surface area contributed by atoms with Gasteiger partial charge in [-0.15, -0.1) is 0 Å². The first-order chi connectivity index (χ1) is 14.8. The molecular weight excluding hydrogens is 396 g/mol. The van der Waals surface area contributed by atoms with E-state index in [-0.39, 0.29) is 28.5 Å². The zero-order chi connectivity index (χ0) is 22.5. The third-order valence-electron chi connectivity index (χ3n) is 5.21. The number of amides is 3. The van der Waals surface area contributed by atoms with Crippen molar-refractivity contribution in [1.82, 2.24) is 9.80 Å². The number of imide groups is 1. The molecule has 0 spiro atoms. The van der Waals surface area contributed by atoms with Crippen molar-refractivity contribution in [1.29, 1.82) is 0 Å². The van der Waals surface area contributed by atoms with E-state index < -0.39 is 18.0 Å². The van der Waals surface area contributed by atoms with Crippen LogP contribution in [0.3, 0.4) is 0 Å². The summed E-state index contributed by atoms with van der Waals surface area (Å²) in [5.41, 5.74) is 1.56. The van der Waals surface area contributed by atoms with Crippen LogP contribution in [0, 0.1) is 0 Å². The second-order valence-electron chi connectivity index (χ2n) is 7.60. The average Bonchev–Trinajstić information content (AvgIpc) is 3.01. The minimum Gasteiger partial charge on any atom is -0.449 e. The molecule has 0 fully saturated rings. The fraction of sp³-hybridized carbons (Fsp3) is 0.333. The van der Waals surface area contributed by atoms with E-state index in [1.807, 2.05) is 37.3 Å². The molecule has 1 heterocycles. The fourth-order valence-electron chi connectivity index (χ4n) is 3.46. The number of ether oxygens (including phenoxy) is 1. The predicted octanol–water partition coefficient (Wildman–Crippen LogP) is 3.29.